The van der Waals surface area contributed by atoms with Gasteiger partial charge < -0.3 is 10.0 Å². The van der Waals surface area contributed by atoms with Crippen LogP contribution in [0.15, 0.2) is 30.5 Å². The fourth-order valence-corrected chi connectivity index (χ4v) is 2.33. The third-order valence-electron chi connectivity index (χ3n) is 3.07. The number of halogens is 1. The molecule has 1 aliphatic rings. The van der Waals surface area contributed by atoms with Gasteiger partial charge in [-0.1, -0.05) is 11.6 Å². The number of benzene rings is 1. The molecule has 2 heterocycles. The second kappa shape index (κ2) is 4.51. The van der Waals surface area contributed by atoms with Gasteiger partial charge in [0.25, 0.3) is 0 Å². The first-order chi connectivity index (χ1) is 9.15. The van der Waals surface area contributed by atoms with E-state index in [2.05, 4.69) is 9.97 Å². The van der Waals surface area contributed by atoms with Crippen molar-refractivity contribution in [1.82, 2.24) is 9.97 Å². The number of hydrogen-bond donors (Lipinski definition) is 1. The number of carboxylic acids is 1. The third kappa shape index (κ3) is 2.13. The summed E-state index contributed by atoms with van der Waals surface area (Å²) in [6, 6.07) is 6.69. The molecule has 6 heteroatoms. The molecule has 96 valence electrons. The summed E-state index contributed by atoms with van der Waals surface area (Å²) in [5, 5.41) is 9.37. The molecule has 5 nitrogen and oxygen atoms in total. The lowest BCUT2D eigenvalue weighted by atomic mass is 10.1. The van der Waals surface area contributed by atoms with Gasteiger partial charge in [0.1, 0.15) is 5.15 Å². The summed E-state index contributed by atoms with van der Waals surface area (Å²) < 4.78 is 0. The van der Waals surface area contributed by atoms with Crippen molar-refractivity contribution >= 4 is 29.2 Å². The van der Waals surface area contributed by atoms with Crippen LogP contribution in [0.4, 0.5) is 11.6 Å². The lowest BCUT2D eigenvalue weighted by Crippen LogP contribution is -2.16. The number of rotatable bonds is 2. The average Bonchev–Trinajstić information content (AvgIpc) is 2.81. The highest BCUT2D eigenvalue weighted by molar-refractivity contribution is 6.29. The fraction of sp³-hybridized carbons (Fsp3) is 0.154. The van der Waals surface area contributed by atoms with Crippen LogP contribution in [0.25, 0.3) is 0 Å². The highest BCUT2D eigenvalue weighted by Gasteiger charge is 2.23. The second-order valence-corrected chi connectivity index (χ2v) is 4.62. The minimum absolute atomic E-state index is 0.299. The Bertz CT molecular complexity index is 660. The van der Waals surface area contributed by atoms with Crippen LogP contribution in [-0.4, -0.2) is 27.6 Å². The summed E-state index contributed by atoms with van der Waals surface area (Å²) in [4.78, 5) is 21.2. The lowest BCUT2D eigenvalue weighted by Gasteiger charge is -2.16. The normalized spacial score (nSPS) is 13.4. The van der Waals surface area contributed by atoms with Crippen LogP contribution in [0.5, 0.6) is 0 Å². The quantitative estimate of drug-likeness (QED) is 0.853. The summed E-state index contributed by atoms with van der Waals surface area (Å²) in [6.45, 7) is 0.721. The number of aromatic nitrogens is 2. The van der Waals surface area contributed by atoms with Gasteiger partial charge in [0, 0.05) is 18.4 Å². The van der Waals surface area contributed by atoms with E-state index < -0.39 is 5.97 Å². The predicted octanol–water partition coefficient (Wildman–Crippen LogP) is 2.52. The van der Waals surface area contributed by atoms with Crippen LogP contribution in [0.1, 0.15) is 15.9 Å². The molecule has 1 aromatic heterocycles. The standard InChI is InChI=1S/C13H10ClN3O2/c14-11-3-5-15-13(16-11)17-6-4-8-7-9(12(18)19)1-2-10(8)17/h1-3,5,7H,4,6H2,(H,18,19). The van der Waals surface area contributed by atoms with Crippen molar-refractivity contribution in [3.63, 3.8) is 0 Å². The Balaban J connectivity index is 2.01. The van der Waals surface area contributed by atoms with Crippen LogP contribution < -0.4 is 4.90 Å². The predicted molar refractivity (Wildman–Crippen MR) is 71.2 cm³/mol. The molecule has 1 N–H and O–H groups in total. The Morgan fingerprint density at radius 1 is 1.37 bits per heavy atom. The summed E-state index contributed by atoms with van der Waals surface area (Å²) in [7, 11) is 0. The van der Waals surface area contributed by atoms with E-state index >= 15 is 0 Å². The molecule has 0 spiro atoms. The molecule has 0 bridgehead atoms. The van der Waals surface area contributed by atoms with Gasteiger partial charge in [-0.25, -0.2) is 14.8 Å². The fourth-order valence-electron chi connectivity index (χ4n) is 2.20. The molecule has 2 aromatic rings. The number of aromatic carboxylic acids is 1. The maximum atomic E-state index is 10.9. The Labute approximate surface area is 114 Å². The Morgan fingerprint density at radius 2 is 2.21 bits per heavy atom. The van der Waals surface area contributed by atoms with Crippen molar-refractivity contribution in [2.24, 2.45) is 0 Å². The van der Waals surface area contributed by atoms with Gasteiger partial charge in [0.15, 0.2) is 0 Å². The molecule has 19 heavy (non-hydrogen) atoms. The molecule has 1 aromatic carbocycles. The van der Waals surface area contributed by atoms with E-state index in [1.807, 2.05) is 4.90 Å². The first-order valence-corrected chi connectivity index (χ1v) is 6.15. The van der Waals surface area contributed by atoms with Crippen molar-refractivity contribution in [1.29, 1.82) is 0 Å². The average molecular weight is 276 g/mol. The summed E-state index contributed by atoms with van der Waals surface area (Å²) >= 11 is 5.86. The Kier molecular flexibility index (Phi) is 2.83. The molecule has 0 saturated carbocycles. The lowest BCUT2D eigenvalue weighted by molar-refractivity contribution is 0.0697. The Hall–Kier alpha value is -2.14. The van der Waals surface area contributed by atoms with Gasteiger partial charge in [-0.15, -0.1) is 0 Å². The minimum atomic E-state index is -0.916. The van der Waals surface area contributed by atoms with Gasteiger partial charge in [0.2, 0.25) is 5.95 Å². The first kappa shape index (κ1) is 11.9. The van der Waals surface area contributed by atoms with Gasteiger partial charge in [-0.05, 0) is 36.2 Å². The van der Waals surface area contributed by atoms with Crippen LogP contribution in [0, 0.1) is 0 Å². The van der Waals surface area contributed by atoms with E-state index in [9.17, 15) is 4.79 Å². The van der Waals surface area contributed by atoms with E-state index in [1.54, 1.807) is 30.5 Å². The van der Waals surface area contributed by atoms with E-state index in [0.29, 0.717) is 16.7 Å². The van der Waals surface area contributed by atoms with Crippen molar-refractivity contribution in [2.75, 3.05) is 11.4 Å². The minimum Gasteiger partial charge on any atom is -0.478 e. The topological polar surface area (TPSA) is 66.3 Å². The SMILES string of the molecule is O=C(O)c1ccc2c(c1)CCN2c1nccc(Cl)n1. The smallest absolute Gasteiger partial charge is 0.335 e. The first-order valence-electron chi connectivity index (χ1n) is 5.77. The number of carboxylic acid groups (broad SMARTS) is 1. The van der Waals surface area contributed by atoms with E-state index in [-0.39, 0.29) is 0 Å². The maximum Gasteiger partial charge on any atom is 0.335 e. The molecule has 0 amide bonds. The van der Waals surface area contributed by atoms with Crippen LogP contribution in [-0.2, 0) is 6.42 Å². The molecular formula is C13H10ClN3O2. The molecule has 0 atom stereocenters. The number of fused-ring (bicyclic) bond motifs is 1. The zero-order chi connectivity index (χ0) is 13.4. The van der Waals surface area contributed by atoms with E-state index in [4.69, 9.17) is 16.7 Å². The van der Waals surface area contributed by atoms with Gasteiger partial charge in [0.05, 0.1) is 5.56 Å². The van der Waals surface area contributed by atoms with E-state index in [1.165, 1.54) is 0 Å². The highest BCUT2D eigenvalue weighted by Crippen LogP contribution is 2.33. The number of nitrogens with zero attached hydrogens (tertiary/aromatic N) is 3. The molecule has 1 aliphatic heterocycles. The molecule has 0 fully saturated rings. The third-order valence-corrected chi connectivity index (χ3v) is 3.28. The number of hydrogen-bond acceptors (Lipinski definition) is 4. The van der Waals surface area contributed by atoms with Crippen molar-refractivity contribution in [2.45, 2.75) is 6.42 Å². The summed E-state index contributed by atoms with van der Waals surface area (Å²) in [6.07, 6.45) is 2.38. The largest absolute Gasteiger partial charge is 0.478 e. The zero-order valence-corrected chi connectivity index (χ0v) is 10.6. The molecule has 0 aliphatic carbocycles. The monoisotopic (exact) mass is 275 g/mol. The van der Waals surface area contributed by atoms with Crippen LogP contribution in [0.3, 0.4) is 0 Å². The zero-order valence-electron chi connectivity index (χ0n) is 9.88. The molecule has 0 radical (unpaired) electrons. The number of carbonyl (C=O) groups is 1. The summed E-state index contributed by atoms with van der Waals surface area (Å²) in [5.41, 5.74) is 2.23. The maximum absolute atomic E-state index is 10.9. The molecule has 3 rings (SSSR count). The summed E-state index contributed by atoms with van der Waals surface area (Å²) in [5.74, 6) is -0.380. The highest BCUT2D eigenvalue weighted by atomic mass is 35.5. The van der Waals surface area contributed by atoms with Crippen molar-refractivity contribution in [3.8, 4) is 0 Å². The van der Waals surface area contributed by atoms with Crippen LogP contribution in [0.2, 0.25) is 5.15 Å². The Morgan fingerprint density at radius 3 is 2.95 bits per heavy atom. The molecule has 0 unspecified atom stereocenters. The van der Waals surface area contributed by atoms with Crippen molar-refractivity contribution < 1.29 is 9.90 Å². The van der Waals surface area contributed by atoms with Gasteiger partial charge >= 0.3 is 5.97 Å². The van der Waals surface area contributed by atoms with Gasteiger partial charge in [-0.3, -0.25) is 0 Å². The van der Waals surface area contributed by atoms with E-state index in [0.717, 1.165) is 24.2 Å². The van der Waals surface area contributed by atoms with Crippen LogP contribution >= 0.6 is 11.6 Å². The number of anilines is 2. The molecule has 0 saturated heterocycles. The van der Waals surface area contributed by atoms with Crippen molar-refractivity contribution in [3.05, 3.63) is 46.7 Å². The second-order valence-electron chi connectivity index (χ2n) is 4.23. The molecular weight excluding hydrogens is 266 g/mol. The van der Waals surface area contributed by atoms with Gasteiger partial charge in [-0.2, -0.15) is 0 Å².